The van der Waals surface area contributed by atoms with Crippen LogP contribution in [0.15, 0.2) is 24.8 Å². The van der Waals surface area contributed by atoms with Crippen molar-refractivity contribution in [1.29, 1.82) is 0 Å². The number of aliphatic hydroxyl groups excluding tert-OH is 1. The zero-order valence-corrected chi connectivity index (χ0v) is 14.1. The first-order chi connectivity index (χ1) is 10.3. The Kier molecular flexibility index (Phi) is 16.2. The van der Waals surface area contributed by atoms with Crippen LogP contribution in [-0.2, 0) is 19.1 Å². The molecule has 0 fully saturated rings. The zero-order valence-electron chi connectivity index (χ0n) is 14.1. The molecule has 0 aliphatic rings. The van der Waals surface area contributed by atoms with Crippen LogP contribution in [0.1, 0.15) is 46.5 Å². The van der Waals surface area contributed by atoms with Gasteiger partial charge in [0.2, 0.25) is 0 Å². The molecule has 5 heteroatoms. The quantitative estimate of drug-likeness (QED) is 0.381. The van der Waals surface area contributed by atoms with E-state index in [2.05, 4.69) is 31.7 Å². The zero-order chi connectivity index (χ0) is 17.4. The Morgan fingerprint density at radius 1 is 1.14 bits per heavy atom. The van der Waals surface area contributed by atoms with Crippen LogP contribution < -0.4 is 0 Å². The molecule has 1 N–H and O–H groups in total. The molecular formula is C17H30O5. The second kappa shape index (κ2) is 15.8. The van der Waals surface area contributed by atoms with Crippen molar-refractivity contribution in [1.82, 2.24) is 0 Å². The summed E-state index contributed by atoms with van der Waals surface area (Å²) in [5.41, 5.74) is 0.350. The van der Waals surface area contributed by atoms with Crippen molar-refractivity contribution < 1.29 is 24.2 Å². The summed E-state index contributed by atoms with van der Waals surface area (Å²) in [4.78, 5) is 21.1. The molecule has 0 radical (unpaired) electrons. The molecule has 0 amide bonds. The van der Waals surface area contributed by atoms with Gasteiger partial charge in [-0.1, -0.05) is 46.3 Å². The number of aliphatic hydroxyl groups is 1. The van der Waals surface area contributed by atoms with E-state index in [-0.39, 0.29) is 19.2 Å². The summed E-state index contributed by atoms with van der Waals surface area (Å²) in [7, 11) is 0. The number of unbranched alkanes of at least 4 members (excludes halogenated alkanes) is 2. The molecule has 0 aliphatic heterocycles. The van der Waals surface area contributed by atoms with Gasteiger partial charge in [-0.05, 0) is 19.3 Å². The summed E-state index contributed by atoms with van der Waals surface area (Å²) in [5, 5.41) is 8.19. The molecule has 0 spiro atoms. The van der Waals surface area contributed by atoms with Crippen LogP contribution in [0.25, 0.3) is 0 Å². The molecule has 0 aromatic heterocycles. The molecule has 0 atom stereocenters. The first-order valence-electron chi connectivity index (χ1n) is 7.57. The first kappa shape index (κ1) is 22.7. The minimum absolute atomic E-state index is 0.0473. The average Bonchev–Trinajstić information content (AvgIpc) is 2.48. The Morgan fingerprint density at radius 2 is 1.77 bits per heavy atom. The molecule has 0 aliphatic carbocycles. The Labute approximate surface area is 134 Å². The molecule has 0 unspecified atom stereocenters. The third-order valence-electron chi connectivity index (χ3n) is 2.51. The summed E-state index contributed by atoms with van der Waals surface area (Å²) in [6.45, 7) is 13.1. The Hall–Kier alpha value is -1.62. The van der Waals surface area contributed by atoms with E-state index in [1.54, 1.807) is 6.92 Å². The smallest absolute Gasteiger partial charge is 0.333 e. The van der Waals surface area contributed by atoms with Gasteiger partial charge in [-0.25, -0.2) is 9.59 Å². The summed E-state index contributed by atoms with van der Waals surface area (Å²) in [5.74, 6) is 0.00337. The third-order valence-corrected chi connectivity index (χ3v) is 2.51. The highest BCUT2D eigenvalue weighted by Gasteiger charge is 2.00. The van der Waals surface area contributed by atoms with E-state index < -0.39 is 5.97 Å². The summed E-state index contributed by atoms with van der Waals surface area (Å²) < 4.78 is 9.31. The molecule has 0 aromatic carbocycles. The predicted molar refractivity (Wildman–Crippen MR) is 87.3 cm³/mol. The Bertz CT molecular complexity index is 334. The van der Waals surface area contributed by atoms with Gasteiger partial charge in [-0.3, -0.25) is 0 Å². The Balaban J connectivity index is 0. The van der Waals surface area contributed by atoms with Gasteiger partial charge in [0.1, 0.15) is 6.61 Å². The largest absolute Gasteiger partial charge is 0.463 e. The van der Waals surface area contributed by atoms with Crippen molar-refractivity contribution >= 4 is 11.9 Å². The molecule has 0 rings (SSSR count). The van der Waals surface area contributed by atoms with Gasteiger partial charge in [0.15, 0.2) is 0 Å². The van der Waals surface area contributed by atoms with Crippen molar-refractivity contribution in [2.45, 2.75) is 46.5 Å². The lowest BCUT2D eigenvalue weighted by molar-refractivity contribution is -0.140. The highest BCUT2D eigenvalue weighted by molar-refractivity contribution is 5.86. The highest BCUT2D eigenvalue weighted by Crippen LogP contribution is 2.07. The van der Waals surface area contributed by atoms with Crippen LogP contribution in [0, 0.1) is 5.92 Å². The maximum atomic E-state index is 10.6. The van der Waals surface area contributed by atoms with E-state index >= 15 is 0 Å². The molecule has 5 nitrogen and oxygen atoms in total. The second-order valence-corrected chi connectivity index (χ2v) is 5.25. The molecule has 0 aromatic rings. The second-order valence-electron chi connectivity index (χ2n) is 5.25. The topological polar surface area (TPSA) is 72.8 Å². The van der Waals surface area contributed by atoms with Gasteiger partial charge >= 0.3 is 11.9 Å². The highest BCUT2D eigenvalue weighted by atomic mass is 16.5. The van der Waals surface area contributed by atoms with Crippen molar-refractivity contribution in [3.05, 3.63) is 24.8 Å². The Morgan fingerprint density at radius 3 is 2.23 bits per heavy atom. The molecule has 0 bridgehead atoms. The fraction of sp³-hybridized carbons (Fsp3) is 0.647. The normalized spacial score (nSPS) is 9.50. The van der Waals surface area contributed by atoms with E-state index in [9.17, 15) is 9.59 Å². The molecule has 0 saturated carbocycles. The lowest BCUT2D eigenvalue weighted by Crippen LogP contribution is -2.08. The third kappa shape index (κ3) is 18.4. The molecule has 128 valence electrons. The minimum atomic E-state index is -0.455. The number of esters is 2. The number of hydrogen-bond acceptors (Lipinski definition) is 5. The van der Waals surface area contributed by atoms with Crippen LogP contribution in [0.4, 0.5) is 0 Å². The molecular weight excluding hydrogens is 284 g/mol. The monoisotopic (exact) mass is 314 g/mol. The predicted octanol–water partition coefficient (Wildman–Crippen LogP) is 3.03. The van der Waals surface area contributed by atoms with E-state index in [4.69, 9.17) is 9.84 Å². The van der Waals surface area contributed by atoms with E-state index in [1.807, 2.05) is 0 Å². The number of rotatable bonds is 10. The standard InChI is InChI=1S/C11H20O2.C6H10O3/c1-4-11(12)13-9-7-5-6-8-10(2)3;1-5(2)6(8)9-4-3-7/h4,10H,1,5-9H2,2-3H3;7H,1,3-4H2,2H3. The lowest BCUT2D eigenvalue weighted by Gasteiger charge is -2.04. The number of carbonyl (C=O) groups is 2. The summed E-state index contributed by atoms with van der Waals surface area (Å²) in [6, 6.07) is 0. The summed E-state index contributed by atoms with van der Waals surface area (Å²) >= 11 is 0. The number of carbonyl (C=O) groups excluding carboxylic acids is 2. The lowest BCUT2D eigenvalue weighted by atomic mass is 10.1. The fourth-order valence-electron chi connectivity index (χ4n) is 1.32. The molecule has 22 heavy (non-hydrogen) atoms. The maximum absolute atomic E-state index is 10.6. The number of ether oxygens (including phenoxy) is 2. The van der Waals surface area contributed by atoms with E-state index in [1.165, 1.54) is 18.9 Å². The summed E-state index contributed by atoms with van der Waals surface area (Å²) in [6.07, 6.45) is 5.79. The van der Waals surface area contributed by atoms with Crippen LogP contribution in [0.3, 0.4) is 0 Å². The van der Waals surface area contributed by atoms with Gasteiger partial charge in [0.25, 0.3) is 0 Å². The van der Waals surface area contributed by atoms with Crippen LogP contribution in [0.2, 0.25) is 0 Å². The first-order valence-corrected chi connectivity index (χ1v) is 7.57. The van der Waals surface area contributed by atoms with E-state index in [0.717, 1.165) is 18.8 Å². The van der Waals surface area contributed by atoms with Gasteiger partial charge in [0.05, 0.1) is 13.2 Å². The molecule has 0 saturated heterocycles. The molecule has 0 heterocycles. The van der Waals surface area contributed by atoms with Crippen LogP contribution in [0.5, 0.6) is 0 Å². The average molecular weight is 314 g/mol. The maximum Gasteiger partial charge on any atom is 0.333 e. The minimum Gasteiger partial charge on any atom is -0.463 e. The van der Waals surface area contributed by atoms with Gasteiger partial charge in [0, 0.05) is 11.6 Å². The van der Waals surface area contributed by atoms with Gasteiger partial charge < -0.3 is 14.6 Å². The van der Waals surface area contributed by atoms with Crippen molar-refractivity contribution in [3.63, 3.8) is 0 Å². The fourth-order valence-corrected chi connectivity index (χ4v) is 1.32. The van der Waals surface area contributed by atoms with Crippen molar-refractivity contribution in [3.8, 4) is 0 Å². The van der Waals surface area contributed by atoms with Crippen molar-refractivity contribution in [2.75, 3.05) is 19.8 Å². The van der Waals surface area contributed by atoms with Crippen molar-refractivity contribution in [2.24, 2.45) is 5.92 Å². The van der Waals surface area contributed by atoms with Gasteiger partial charge in [-0.2, -0.15) is 0 Å². The van der Waals surface area contributed by atoms with E-state index in [0.29, 0.717) is 12.2 Å². The van der Waals surface area contributed by atoms with Crippen LogP contribution >= 0.6 is 0 Å². The number of hydrogen-bond donors (Lipinski definition) is 1. The van der Waals surface area contributed by atoms with Gasteiger partial charge in [-0.15, -0.1) is 0 Å². The van der Waals surface area contributed by atoms with Crippen LogP contribution in [-0.4, -0.2) is 36.9 Å². The SMILES string of the molecule is C=C(C)C(=O)OCCO.C=CC(=O)OCCCCCC(C)C.